The number of carbonyl (C=O) groups excluding carboxylic acids is 1. The molecule has 8 nitrogen and oxygen atoms in total. The molecule has 1 aliphatic rings. The predicted octanol–water partition coefficient (Wildman–Crippen LogP) is 4.76. The summed E-state index contributed by atoms with van der Waals surface area (Å²) in [6.45, 7) is 8.40. The monoisotopic (exact) mass is 572 g/mol. The highest BCUT2D eigenvalue weighted by Gasteiger charge is 2.34. The van der Waals surface area contributed by atoms with E-state index in [0.717, 1.165) is 16.3 Å². The van der Waals surface area contributed by atoms with Crippen LogP contribution < -0.4 is 29.1 Å². The number of allylic oxidation sites excluding steroid dienone is 1. The first-order valence-corrected chi connectivity index (χ1v) is 14.4. The van der Waals surface area contributed by atoms with Crippen molar-refractivity contribution in [1.29, 1.82) is 0 Å². The molecule has 0 saturated heterocycles. The van der Waals surface area contributed by atoms with E-state index in [1.807, 2.05) is 68.5 Å². The molecule has 3 aromatic carbocycles. The van der Waals surface area contributed by atoms with Gasteiger partial charge in [-0.25, -0.2) is 9.79 Å². The second-order valence-corrected chi connectivity index (χ2v) is 10.3. The molecule has 5 rings (SSSR count). The fourth-order valence-corrected chi connectivity index (χ4v) is 6.11. The molecule has 1 aromatic heterocycles. The minimum atomic E-state index is -0.767. The molecule has 0 spiro atoms. The number of benzene rings is 3. The Balaban J connectivity index is 1.77. The minimum Gasteiger partial charge on any atom is -0.496 e. The van der Waals surface area contributed by atoms with Crippen molar-refractivity contribution < 1.29 is 23.7 Å². The van der Waals surface area contributed by atoms with E-state index in [0.29, 0.717) is 56.6 Å². The molecule has 41 heavy (non-hydrogen) atoms. The zero-order chi connectivity index (χ0) is 29.1. The second kappa shape index (κ2) is 12.0. The summed E-state index contributed by atoms with van der Waals surface area (Å²) in [6, 6.07) is 16.5. The van der Waals surface area contributed by atoms with Gasteiger partial charge in [-0.3, -0.25) is 9.36 Å². The first-order chi connectivity index (χ1) is 19.9. The van der Waals surface area contributed by atoms with Gasteiger partial charge in [0.2, 0.25) is 0 Å². The van der Waals surface area contributed by atoms with E-state index in [4.69, 9.17) is 23.9 Å². The number of aromatic nitrogens is 1. The lowest BCUT2D eigenvalue weighted by Gasteiger charge is -2.25. The van der Waals surface area contributed by atoms with Gasteiger partial charge >= 0.3 is 5.97 Å². The van der Waals surface area contributed by atoms with Crippen LogP contribution in [0.2, 0.25) is 0 Å². The van der Waals surface area contributed by atoms with E-state index in [2.05, 4.69) is 0 Å². The molecule has 4 aromatic rings. The number of hydrogen-bond acceptors (Lipinski definition) is 8. The minimum absolute atomic E-state index is 0.196. The number of carbonyl (C=O) groups is 1. The molecule has 2 heterocycles. The number of esters is 1. The van der Waals surface area contributed by atoms with E-state index < -0.39 is 12.0 Å². The van der Waals surface area contributed by atoms with Crippen molar-refractivity contribution in [1.82, 2.24) is 4.57 Å². The van der Waals surface area contributed by atoms with Gasteiger partial charge in [-0.1, -0.05) is 47.7 Å². The summed E-state index contributed by atoms with van der Waals surface area (Å²) in [5, 5.41) is 1.99. The number of hydrogen-bond donors (Lipinski definition) is 0. The normalized spacial score (nSPS) is 15.0. The molecule has 1 unspecified atom stereocenters. The Bertz CT molecular complexity index is 1840. The predicted molar refractivity (Wildman–Crippen MR) is 160 cm³/mol. The van der Waals surface area contributed by atoms with Crippen LogP contribution in [0.15, 0.2) is 75.7 Å². The Morgan fingerprint density at radius 2 is 1.71 bits per heavy atom. The van der Waals surface area contributed by atoms with Crippen LogP contribution in [0.25, 0.3) is 16.8 Å². The molecule has 212 valence electrons. The number of ether oxygens (including phenoxy) is 4. The molecule has 0 amide bonds. The molecule has 0 radical (unpaired) electrons. The van der Waals surface area contributed by atoms with Crippen LogP contribution in [0, 0.1) is 0 Å². The van der Waals surface area contributed by atoms with E-state index in [1.54, 1.807) is 31.6 Å². The van der Waals surface area contributed by atoms with Gasteiger partial charge in [0.1, 0.15) is 5.75 Å². The lowest BCUT2D eigenvalue weighted by molar-refractivity contribution is -0.139. The summed E-state index contributed by atoms with van der Waals surface area (Å²) >= 11 is 1.27. The van der Waals surface area contributed by atoms with Crippen LogP contribution in [0.1, 0.15) is 44.9 Å². The van der Waals surface area contributed by atoms with Crippen molar-refractivity contribution in [2.75, 3.05) is 26.9 Å². The van der Waals surface area contributed by atoms with Gasteiger partial charge in [0, 0.05) is 5.56 Å². The van der Waals surface area contributed by atoms with Crippen LogP contribution in [0.5, 0.6) is 17.2 Å². The summed E-state index contributed by atoms with van der Waals surface area (Å²) in [5.41, 5.74) is 2.02. The lowest BCUT2D eigenvalue weighted by Crippen LogP contribution is -2.40. The number of methoxy groups -OCH3 is 1. The van der Waals surface area contributed by atoms with Gasteiger partial charge < -0.3 is 18.9 Å². The molecule has 1 aliphatic heterocycles. The maximum Gasteiger partial charge on any atom is 0.338 e. The Labute approximate surface area is 241 Å². The summed E-state index contributed by atoms with van der Waals surface area (Å²) < 4.78 is 24.8. The van der Waals surface area contributed by atoms with Gasteiger partial charge in [0.05, 0.1) is 48.8 Å². The fourth-order valence-electron chi connectivity index (χ4n) is 5.08. The van der Waals surface area contributed by atoms with Crippen molar-refractivity contribution in [2.24, 2.45) is 4.99 Å². The van der Waals surface area contributed by atoms with Crippen LogP contribution in [0.3, 0.4) is 0 Å². The third-order valence-electron chi connectivity index (χ3n) is 6.83. The van der Waals surface area contributed by atoms with Gasteiger partial charge in [0.25, 0.3) is 5.56 Å². The van der Waals surface area contributed by atoms with Crippen LogP contribution in [-0.4, -0.2) is 37.5 Å². The van der Waals surface area contributed by atoms with Crippen molar-refractivity contribution >= 4 is 34.2 Å². The highest BCUT2D eigenvalue weighted by molar-refractivity contribution is 7.07. The highest BCUT2D eigenvalue weighted by Crippen LogP contribution is 2.36. The zero-order valence-corrected chi connectivity index (χ0v) is 24.5. The standard InChI is InChI=1S/C32H32N2O6S/c1-6-38-25-16-14-21(17-26(25)39-7-2)29-28(31(36)40-8-3)19(4)33-32-34(29)30(35)27(41-32)18-23-22-12-10-9-11-20(22)13-15-24(23)37-5/h9-18,29H,6-8H2,1-5H3/b27-18-. The molecular formula is C32H32N2O6S. The van der Waals surface area contributed by atoms with Crippen molar-refractivity contribution in [3.8, 4) is 17.2 Å². The zero-order valence-electron chi connectivity index (χ0n) is 23.7. The maximum absolute atomic E-state index is 14.2. The number of thiazole rings is 1. The summed E-state index contributed by atoms with van der Waals surface area (Å²) in [7, 11) is 1.61. The number of rotatable bonds is 9. The van der Waals surface area contributed by atoms with Crippen molar-refractivity contribution in [3.63, 3.8) is 0 Å². The molecule has 0 saturated carbocycles. The lowest BCUT2D eigenvalue weighted by atomic mass is 9.95. The van der Waals surface area contributed by atoms with Crippen molar-refractivity contribution in [2.45, 2.75) is 33.7 Å². The summed E-state index contributed by atoms with van der Waals surface area (Å²) in [5.74, 6) is 1.26. The topological polar surface area (TPSA) is 88.4 Å². The van der Waals surface area contributed by atoms with E-state index >= 15 is 0 Å². The van der Waals surface area contributed by atoms with Crippen LogP contribution >= 0.6 is 11.3 Å². The smallest absolute Gasteiger partial charge is 0.338 e. The first kappa shape index (κ1) is 28.2. The Kier molecular flexibility index (Phi) is 8.26. The van der Waals surface area contributed by atoms with Crippen LogP contribution in [0.4, 0.5) is 0 Å². The Morgan fingerprint density at radius 1 is 0.976 bits per heavy atom. The van der Waals surface area contributed by atoms with E-state index in [9.17, 15) is 9.59 Å². The van der Waals surface area contributed by atoms with E-state index in [1.165, 1.54) is 11.3 Å². The average molecular weight is 573 g/mol. The van der Waals surface area contributed by atoms with Gasteiger partial charge in [0.15, 0.2) is 16.3 Å². The third kappa shape index (κ3) is 5.25. The van der Waals surface area contributed by atoms with E-state index in [-0.39, 0.29) is 12.2 Å². The third-order valence-corrected chi connectivity index (χ3v) is 7.81. The SMILES string of the molecule is CCOC(=O)C1=C(C)N=c2s/c(=C\c3c(OC)ccc4ccccc34)c(=O)n2C1c1ccc(OCC)c(OCC)c1. The van der Waals surface area contributed by atoms with Gasteiger partial charge in [-0.15, -0.1) is 0 Å². The largest absolute Gasteiger partial charge is 0.496 e. The quantitative estimate of drug-likeness (QED) is 0.269. The Morgan fingerprint density at radius 3 is 2.44 bits per heavy atom. The first-order valence-electron chi connectivity index (χ1n) is 13.6. The fraction of sp³-hybridized carbons (Fsp3) is 0.281. The van der Waals surface area contributed by atoms with Crippen LogP contribution in [-0.2, 0) is 9.53 Å². The van der Waals surface area contributed by atoms with Gasteiger partial charge in [-0.05, 0) is 68.3 Å². The summed E-state index contributed by atoms with van der Waals surface area (Å²) in [4.78, 5) is 32.6. The number of fused-ring (bicyclic) bond motifs is 2. The summed E-state index contributed by atoms with van der Waals surface area (Å²) in [6.07, 6.45) is 1.84. The molecule has 0 fully saturated rings. The van der Waals surface area contributed by atoms with Crippen molar-refractivity contribution in [3.05, 3.63) is 96.7 Å². The Hall–Kier alpha value is -4.37. The molecule has 0 N–H and O–H groups in total. The second-order valence-electron chi connectivity index (χ2n) is 9.28. The molecule has 9 heteroatoms. The highest BCUT2D eigenvalue weighted by atomic mass is 32.1. The maximum atomic E-state index is 14.2. The molecular weight excluding hydrogens is 540 g/mol. The molecule has 0 aliphatic carbocycles. The number of nitrogens with zero attached hydrogens (tertiary/aromatic N) is 2. The average Bonchev–Trinajstić information content (AvgIpc) is 3.27. The molecule has 0 bridgehead atoms. The van der Waals surface area contributed by atoms with Gasteiger partial charge in [-0.2, -0.15) is 0 Å². The molecule has 1 atom stereocenters.